The smallest absolute Gasteiger partial charge is 0.307 e. The van der Waals surface area contributed by atoms with E-state index >= 15 is 0 Å². The molecule has 2 aromatic carbocycles. The second-order valence-electron chi connectivity index (χ2n) is 8.49. The Balaban J connectivity index is 1.52. The minimum atomic E-state index is -1.59. The van der Waals surface area contributed by atoms with E-state index in [1.54, 1.807) is 53.6 Å². The van der Waals surface area contributed by atoms with Crippen LogP contribution in [0.1, 0.15) is 41.6 Å². The molecule has 4 rings (SSSR count). The highest BCUT2D eigenvalue weighted by Gasteiger charge is 2.43. The van der Waals surface area contributed by atoms with Gasteiger partial charge in [-0.05, 0) is 54.9 Å². The molecule has 0 bridgehead atoms. The van der Waals surface area contributed by atoms with E-state index in [0.717, 1.165) is 24.2 Å². The molecule has 1 aromatic heterocycles. The number of rotatable bonds is 11. The molecule has 1 saturated carbocycles. The highest BCUT2D eigenvalue weighted by atomic mass is 16.5. The largest absolute Gasteiger partial charge is 0.493 e. The number of nitrogens with zero attached hydrogens (tertiary/aromatic N) is 1. The van der Waals surface area contributed by atoms with Crippen molar-refractivity contribution in [3.05, 3.63) is 90.2 Å². The van der Waals surface area contributed by atoms with Gasteiger partial charge in [-0.3, -0.25) is 9.59 Å². The molecule has 6 nitrogen and oxygen atoms in total. The molecular formula is C27H25B2NO5. The van der Waals surface area contributed by atoms with E-state index in [1.807, 2.05) is 30.3 Å². The lowest BCUT2D eigenvalue weighted by atomic mass is 9.56. The first-order valence-corrected chi connectivity index (χ1v) is 11.5. The molecule has 8 heteroatoms. The van der Waals surface area contributed by atoms with Crippen LogP contribution in [0.5, 0.6) is 5.75 Å². The summed E-state index contributed by atoms with van der Waals surface area (Å²) in [4.78, 5) is 25.7. The SMILES string of the molecule is [B]C([B])(c1ccccc1OCC/C=C/CC(=O)O)N(C(=O)c1ccc(-c2ccco2)cc1)C1CC1. The van der Waals surface area contributed by atoms with E-state index in [0.29, 0.717) is 29.9 Å². The number of para-hydroxylation sites is 1. The molecule has 1 amide bonds. The third kappa shape index (κ3) is 5.88. The summed E-state index contributed by atoms with van der Waals surface area (Å²) in [7, 11) is 13.3. The minimum absolute atomic E-state index is 0.0355. The van der Waals surface area contributed by atoms with Crippen molar-refractivity contribution in [2.24, 2.45) is 0 Å². The zero-order chi connectivity index (χ0) is 24.8. The predicted octanol–water partition coefficient (Wildman–Crippen LogP) is 4.50. The van der Waals surface area contributed by atoms with Gasteiger partial charge in [0.05, 0.1) is 35.0 Å². The number of carboxylic acids is 1. The zero-order valence-electron chi connectivity index (χ0n) is 19.3. The Morgan fingerprint density at radius 1 is 1.06 bits per heavy atom. The summed E-state index contributed by atoms with van der Waals surface area (Å²) in [5, 5.41) is 7.12. The van der Waals surface area contributed by atoms with Crippen LogP contribution in [0.15, 0.2) is 83.5 Å². The summed E-state index contributed by atoms with van der Waals surface area (Å²) >= 11 is 0. The number of hydrogen-bond acceptors (Lipinski definition) is 4. The van der Waals surface area contributed by atoms with Crippen LogP contribution in [-0.2, 0) is 10.1 Å². The van der Waals surface area contributed by atoms with E-state index in [2.05, 4.69) is 0 Å². The summed E-state index contributed by atoms with van der Waals surface area (Å²) in [5.41, 5.74) is 1.85. The Morgan fingerprint density at radius 3 is 2.46 bits per heavy atom. The fourth-order valence-corrected chi connectivity index (χ4v) is 3.92. The Labute approximate surface area is 207 Å². The van der Waals surface area contributed by atoms with E-state index < -0.39 is 11.3 Å². The lowest BCUT2D eigenvalue weighted by Crippen LogP contribution is -2.52. The van der Waals surface area contributed by atoms with Gasteiger partial charge in [0.15, 0.2) is 0 Å². The van der Waals surface area contributed by atoms with Crippen LogP contribution >= 0.6 is 0 Å². The number of amides is 1. The van der Waals surface area contributed by atoms with Crippen molar-refractivity contribution in [1.82, 2.24) is 4.90 Å². The maximum atomic E-state index is 13.6. The van der Waals surface area contributed by atoms with Crippen molar-refractivity contribution in [3.8, 4) is 17.1 Å². The standard InChI is InChI=1S/C27H25B2NO5/c28-27(29,22-7-3-4-8-24(22)35-17-5-1-2-10-25(31)32)30(21-15-16-21)26(33)20-13-11-19(12-14-20)23-9-6-18-34-23/h1-4,6-9,11-14,18,21H,5,10,15-17H2,(H,31,32)/b2-1+. The van der Waals surface area contributed by atoms with Gasteiger partial charge >= 0.3 is 5.97 Å². The summed E-state index contributed by atoms with van der Waals surface area (Å²) in [5.74, 6) is 0.0635. The normalized spacial score (nSPS) is 13.6. The first-order chi connectivity index (χ1) is 16.9. The maximum absolute atomic E-state index is 13.6. The van der Waals surface area contributed by atoms with Crippen molar-refractivity contribution in [2.75, 3.05) is 6.61 Å². The molecule has 0 unspecified atom stereocenters. The molecule has 0 aliphatic heterocycles. The van der Waals surface area contributed by atoms with Gasteiger partial charge in [-0.15, -0.1) is 0 Å². The zero-order valence-corrected chi connectivity index (χ0v) is 19.3. The number of carbonyl (C=O) groups is 2. The molecule has 0 atom stereocenters. The van der Waals surface area contributed by atoms with Crippen LogP contribution in [0.4, 0.5) is 0 Å². The molecule has 0 spiro atoms. The van der Waals surface area contributed by atoms with Gasteiger partial charge < -0.3 is 19.2 Å². The predicted molar refractivity (Wildman–Crippen MR) is 134 cm³/mol. The highest BCUT2D eigenvalue weighted by molar-refractivity contribution is 6.41. The van der Waals surface area contributed by atoms with Crippen molar-refractivity contribution < 1.29 is 23.8 Å². The Bertz CT molecular complexity index is 1180. The fourth-order valence-electron chi connectivity index (χ4n) is 3.92. The van der Waals surface area contributed by atoms with Gasteiger partial charge in [0.1, 0.15) is 11.5 Å². The molecule has 4 radical (unpaired) electrons. The quantitative estimate of drug-likeness (QED) is 0.257. The Morgan fingerprint density at radius 2 is 1.80 bits per heavy atom. The molecule has 0 saturated heterocycles. The summed E-state index contributed by atoms with van der Waals surface area (Å²) < 4.78 is 11.3. The van der Waals surface area contributed by atoms with Crippen molar-refractivity contribution >= 4 is 27.6 Å². The van der Waals surface area contributed by atoms with Crippen LogP contribution < -0.4 is 4.74 Å². The first kappa shape index (κ1) is 24.5. The van der Waals surface area contributed by atoms with Crippen LogP contribution in [0.2, 0.25) is 0 Å². The van der Waals surface area contributed by atoms with Crippen LogP contribution in [0.25, 0.3) is 11.3 Å². The third-order valence-electron chi connectivity index (χ3n) is 5.79. The lowest BCUT2D eigenvalue weighted by molar-refractivity contribution is -0.136. The van der Waals surface area contributed by atoms with Crippen LogP contribution in [-0.4, -0.2) is 50.2 Å². The number of furan rings is 1. The van der Waals surface area contributed by atoms with E-state index in [4.69, 9.17) is 30.0 Å². The van der Waals surface area contributed by atoms with Crippen LogP contribution in [0, 0.1) is 0 Å². The van der Waals surface area contributed by atoms with E-state index in [1.165, 1.54) is 0 Å². The number of aliphatic carboxylic acids is 1. The first-order valence-electron chi connectivity index (χ1n) is 11.5. The molecule has 1 aliphatic rings. The van der Waals surface area contributed by atoms with Crippen molar-refractivity contribution in [3.63, 3.8) is 0 Å². The third-order valence-corrected chi connectivity index (χ3v) is 5.79. The Kier molecular flexibility index (Phi) is 7.49. The average molecular weight is 465 g/mol. The molecule has 3 aromatic rings. The second-order valence-corrected chi connectivity index (χ2v) is 8.49. The van der Waals surface area contributed by atoms with E-state index in [9.17, 15) is 9.59 Å². The van der Waals surface area contributed by atoms with E-state index in [-0.39, 0.29) is 18.4 Å². The molecule has 1 fully saturated rings. The topological polar surface area (TPSA) is 80.0 Å². The number of ether oxygens (including phenoxy) is 1. The summed E-state index contributed by atoms with van der Waals surface area (Å²) in [6.07, 6.45) is 7.07. The van der Waals surface area contributed by atoms with Crippen molar-refractivity contribution in [1.29, 1.82) is 0 Å². The molecular weight excluding hydrogens is 440 g/mol. The molecule has 35 heavy (non-hydrogen) atoms. The van der Waals surface area contributed by atoms with Gasteiger partial charge in [0.25, 0.3) is 5.91 Å². The minimum Gasteiger partial charge on any atom is -0.493 e. The maximum Gasteiger partial charge on any atom is 0.307 e. The monoisotopic (exact) mass is 465 g/mol. The molecule has 174 valence electrons. The van der Waals surface area contributed by atoms with Gasteiger partial charge in [-0.1, -0.05) is 42.5 Å². The number of carboxylic acid groups (broad SMARTS) is 1. The number of benzene rings is 2. The molecule has 1 heterocycles. The second kappa shape index (κ2) is 10.7. The summed E-state index contributed by atoms with van der Waals surface area (Å²) in [6, 6.07) is 17.9. The average Bonchev–Trinajstić information content (AvgIpc) is 3.51. The molecule has 1 aliphatic carbocycles. The van der Waals surface area contributed by atoms with Gasteiger partial charge in [-0.2, -0.15) is 0 Å². The molecule has 1 N–H and O–H groups in total. The fraction of sp³-hybridized carbons (Fsp3) is 0.259. The van der Waals surface area contributed by atoms with Crippen molar-refractivity contribution in [2.45, 2.75) is 37.1 Å². The van der Waals surface area contributed by atoms with Gasteiger partial charge in [0.2, 0.25) is 0 Å². The van der Waals surface area contributed by atoms with Gasteiger partial charge in [0, 0.05) is 22.7 Å². The summed E-state index contributed by atoms with van der Waals surface area (Å²) in [6.45, 7) is 0.314. The highest BCUT2D eigenvalue weighted by Crippen LogP contribution is 2.39. The number of hydrogen-bond donors (Lipinski definition) is 1. The van der Waals surface area contributed by atoms with Crippen LogP contribution in [0.3, 0.4) is 0 Å². The Hall–Kier alpha value is -3.67. The lowest BCUT2D eigenvalue weighted by Gasteiger charge is -2.41. The van der Waals surface area contributed by atoms with Gasteiger partial charge in [-0.25, -0.2) is 0 Å². The number of carbonyl (C=O) groups excluding carboxylic acids is 1.